The van der Waals surface area contributed by atoms with Crippen LogP contribution in [0.4, 0.5) is 4.79 Å². The molecular formula is C21H32N2O4. The second kappa shape index (κ2) is 8.15. The van der Waals surface area contributed by atoms with Crippen LogP contribution >= 0.6 is 0 Å². The summed E-state index contributed by atoms with van der Waals surface area (Å²) in [6, 6.07) is 4.01. The SMILES string of the molecule is CCO[C@@H]1C[C@H](c2cccnc2)OC2(CCN(C(=O)OC(C)(C)C)CC2)C1. The zero-order chi connectivity index (χ0) is 19.5. The summed E-state index contributed by atoms with van der Waals surface area (Å²) in [7, 11) is 0. The average Bonchev–Trinajstić information content (AvgIpc) is 2.61. The highest BCUT2D eigenvalue weighted by atomic mass is 16.6. The van der Waals surface area contributed by atoms with E-state index in [9.17, 15) is 4.79 Å². The minimum atomic E-state index is -0.473. The lowest BCUT2D eigenvalue weighted by molar-refractivity contribution is -0.191. The molecule has 1 spiro atoms. The van der Waals surface area contributed by atoms with Crippen molar-refractivity contribution >= 4 is 6.09 Å². The molecule has 2 atom stereocenters. The molecule has 1 amide bonds. The molecule has 0 unspecified atom stereocenters. The van der Waals surface area contributed by atoms with Crippen LogP contribution in [0.5, 0.6) is 0 Å². The van der Waals surface area contributed by atoms with Gasteiger partial charge in [0.1, 0.15) is 5.60 Å². The van der Waals surface area contributed by atoms with Crippen LogP contribution in [-0.2, 0) is 14.2 Å². The Morgan fingerprint density at radius 1 is 1.37 bits per heavy atom. The normalized spacial score (nSPS) is 25.4. The molecule has 0 aliphatic carbocycles. The van der Waals surface area contributed by atoms with E-state index < -0.39 is 5.60 Å². The molecule has 3 heterocycles. The molecule has 27 heavy (non-hydrogen) atoms. The van der Waals surface area contributed by atoms with E-state index in [0.29, 0.717) is 19.7 Å². The number of rotatable bonds is 3. The van der Waals surface area contributed by atoms with Gasteiger partial charge < -0.3 is 19.1 Å². The molecule has 0 radical (unpaired) electrons. The third-order valence-electron chi connectivity index (χ3n) is 5.25. The molecule has 2 aliphatic rings. The van der Waals surface area contributed by atoms with Crippen LogP contribution in [-0.4, -0.2) is 53.0 Å². The van der Waals surface area contributed by atoms with Crippen molar-refractivity contribution in [3.8, 4) is 0 Å². The third kappa shape index (κ3) is 5.20. The maximum absolute atomic E-state index is 12.4. The standard InChI is InChI=1S/C21H32N2O4/c1-5-25-17-13-18(16-7-6-10-22-15-16)26-21(14-17)8-11-23(12-9-21)19(24)27-20(2,3)4/h6-7,10,15,17-18H,5,8-9,11-14H2,1-4H3/t17-,18-/m1/s1. The van der Waals surface area contributed by atoms with Gasteiger partial charge in [-0.1, -0.05) is 6.07 Å². The van der Waals surface area contributed by atoms with E-state index in [1.807, 2.05) is 40.0 Å². The fourth-order valence-electron chi connectivity index (χ4n) is 4.01. The summed E-state index contributed by atoms with van der Waals surface area (Å²) in [5.74, 6) is 0. The van der Waals surface area contributed by atoms with Gasteiger partial charge >= 0.3 is 6.09 Å². The van der Waals surface area contributed by atoms with Gasteiger partial charge in [-0.05, 0) is 52.2 Å². The molecule has 2 fully saturated rings. The first kappa shape index (κ1) is 20.1. The summed E-state index contributed by atoms with van der Waals surface area (Å²) in [4.78, 5) is 18.4. The first-order chi connectivity index (χ1) is 12.8. The molecule has 1 aromatic heterocycles. The lowest BCUT2D eigenvalue weighted by Gasteiger charge is -2.48. The highest BCUT2D eigenvalue weighted by Gasteiger charge is 2.45. The van der Waals surface area contributed by atoms with E-state index in [0.717, 1.165) is 31.2 Å². The summed E-state index contributed by atoms with van der Waals surface area (Å²) in [5.41, 5.74) is 0.367. The van der Waals surface area contributed by atoms with Gasteiger partial charge in [-0.3, -0.25) is 4.98 Å². The molecule has 2 aliphatic heterocycles. The smallest absolute Gasteiger partial charge is 0.410 e. The van der Waals surface area contributed by atoms with Crippen LogP contribution in [0.25, 0.3) is 0 Å². The lowest BCUT2D eigenvalue weighted by Crippen LogP contribution is -2.53. The molecular weight excluding hydrogens is 344 g/mol. The number of piperidine rings is 1. The molecule has 3 rings (SSSR count). The van der Waals surface area contributed by atoms with Crippen molar-refractivity contribution in [3.05, 3.63) is 30.1 Å². The minimum absolute atomic E-state index is 0.0166. The average molecular weight is 376 g/mol. The largest absolute Gasteiger partial charge is 0.444 e. The number of nitrogens with zero attached hydrogens (tertiary/aromatic N) is 2. The van der Waals surface area contributed by atoms with Gasteiger partial charge in [-0.15, -0.1) is 0 Å². The Kier molecular flexibility index (Phi) is 6.06. The number of hydrogen-bond donors (Lipinski definition) is 0. The summed E-state index contributed by atoms with van der Waals surface area (Å²) in [5, 5.41) is 0. The molecule has 0 bridgehead atoms. The van der Waals surface area contributed by atoms with Crippen molar-refractivity contribution in [2.24, 2.45) is 0 Å². The number of carbonyl (C=O) groups excluding carboxylic acids is 1. The van der Waals surface area contributed by atoms with Gasteiger partial charge in [-0.25, -0.2) is 4.79 Å². The summed E-state index contributed by atoms with van der Waals surface area (Å²) in [6.45, 7) is 9.71. The Morgan fingerprint density at radius 3 is 2.70 bits per heavy atom. The first-order valence-electron chi connectivity index (χ1n) is 9.97. The molecule has 0 N–H and O–H groups in total. The third-order valence-corrected chi connectivity index (χ3v) is 5.25. The van der Waals surface area contributed by atoms with Crippen molar-refractivity contribution in [2.45, 2.75) is 76.8 Å². The predicted octanol–water partition coefficient (Wildman–Crippen LogP) is 4.11. The summed E-state index contributed by atoms with van der Waals surface area (Å²) >= 11 is 0. The number of ether oxygens (including phenoxy) is 3. The van der Waals surface area contributed by atoms with Gasteiger partial charge in [0, 0.05) is 44.9 Å². The van der Waals surface area contributed by atoms with Crippen molar-refractivity contribution in [1.29, 1.82) is 0 Å². The van der Waals surface area contributed by atoms with Crippen LogP contribution in [0.1, 0.15) is 65.0 Å². The Balaban J connectivity index is 1.68. The van der Waals surface area contributed by atoms with Crippen LogP contribution in [0.2, 0.25) is 0 Å². The van der Waals surface area contributed by atoms with E-state index in [-0.39, 0.29) is 23.9 Å². The van der Waals surface area contributed by atoms with Crippen molar-refractivity contribution in [1.82, 2.24) is 9.88 Å². The number of carbonyl (C=O) groups is 1. The van der Waals surface area contributed by atoms with E-state index in [1.165, 1.54) is 0 Å². The van der Waals surface area contributed by atoms with Gasteiger partial charge in [-0.2, -0.15) is 0 Å². The van der Waals surface area contributed by atoms with Crippen LogP contribution in [0.3, 0.4) is 0 Å². The number of aromatic nitrogens is 1. The quantitative estimate of drug-likeness (QED) is 0.794. The van der Waals surface area contributed by atoms with Gasteiger partial charge in [0.05, 0.1) is 17.8 Å². The van der Waals surface area contributed by atoms with Gasteiger partial charge in [0.2, 0.25) is 0 Å². The fourth-order valence-corrected chi connectivity index (χ4v) is 4.01. The second-order valence-corrected chi connectivity index (χ2v) is 8.56. The highest BCUT2D eigenvalue weighted by Crippen LogP contribution is 2.43. The molecule has 6 heteroatoms. The van der Waals surface area contributed by atoms with E-state index in [4.69, 9.17) is 14.2 Å². The first-order valence-corrected chi connectivity index (χ1v) is 9.97. The maximum atomic E-state index is 12.4. The Hall–Kier alpha value is -1.66. The zero-order valence-corrected chi connectivity index (χ0v) is 16.9. The molecule has 2 saturated heterocycles. The van der Waals surface area contributed by atoms with Gasteiger partial charge in [0.15, 0.2) is 0 Å². The number of pyridine rings is 1. The van der Waals surface area contributed by atoms with E-state index >= 15 is 0 Å². The van der Waals surface area contributed by atoms with Crippen molar-refractivity contribution < 1.29 is 19.0 Å². The van der Waals surface area contributed by atoms with Gasteiger partial charge in [0.25, 0.3) is 0 Å². The summed E-state index contributed by atoms with van der Waals surface area (Å²) < 4.78 is 18.1. The van der Waals surface area contributed by atoms with E-state index in [2.05, 4.69) is 11.1 Å². The topological polar surface area (TPSA) is 60.9 Å². The minimum Gasteiger partial charge on any atom is -0.444 e. The van der Waals surface area contributed by atoms with E-state index in [1.54, 1.807) is 11.1 Å². The Morgan fingerprint density at radius 2 is 2.11 bits per heavy atom. The molecule has 150 valence electrons. The zero-order valence-electron chi connectivity index (χ0n) is 16.9. The number of hydrogen-bond acceptors (Lipinski definition) is 5. The molecule has 0 aromatic carbocycles. The highest BCUT2D eigenvalue weighted by molar-refractivity contribution is 5.68. The van der Waals surface area contributed by atoms with Crippen LogP contribution in [0.15, 0.2) is 24.5 Å². The Labute approximate surface area is 162 Å². The van der Waals surface area contributed by atoms with Crippen molar-refractivity contribution in [2.75, 3.05) is 19.7 Å². The Bertz CT molecular complexity index is 621. The molecule has 6 nitrogen and oxygen atoms in total. The molecule has 0 saturated carbocycles. The van der Waals surface area contributed by atoms with Crippen LogP contribution in [0, 0.1) is 0 Å². The second-order valence-electron chi connectivity index (χ2n) is 8.56. The summed E-state index contributed by atoms with van der Waals surface area (Å²) in [6.07, 6.45) is 6.89. The maximum Gasteiger partial charge on any atom is 0.410 e. The predicted molar refractivity (Wildman–Crippen MR) is 102 cm³/mol. The van der Waals surface area contributed by atoms with Crippen molar-refractivity contribution in [3.63, 3.8) is 0 Å². The molecule has 1 aromatic rings. The van der Waals surface area contributed by atoms with Crippen LogP contribution < -0.4 is 0 Å². The fraction of sp³-hybridized carbons (Fsp3) is 0.714. The lowest BCUT2D eigenvalue weighted by atomic mass is 9.81. The number of amides is 1. The number of likely N-dealkylation sites (tertiary alicyclic amines) is 1. The monoisotopic (exact) mass is 376 g/mol.